The predicted octanol–water partition coefficient (Wildman–Crippen LogP) is 4.12. The minimum Gasteiger partial charge on any atom is -0.312 e. The lowest BCUT2D eigenvalue weighted by atomic mass is 10.0. The number of anilines is 1. The van der Waals surface area contributed by atoms with E-state index in [1.807, 2.05) is 11.0 Å². The molecule has 3 aromatic carbocycles. The highest BCUT2D eigenvalue weighted by atomic mass is 16.2. The van der Waals surface area contributed by atoms with E-state index < -0.39 is 0 Å². The van der Waals surface area contributed by atoms with Gasteiger partial charge in [-0.2, -0.15) is 0 Å². The van der Waals surface area contributed by atoms with Crippen LogP contribution in [0, 0.1) is 0 Å². The van der Waals surface area contributed by atoms with Crippen molar-refractivity contribution in [3.8, 4) is 0 Å². The molecule has 0 aromatic heterocycles. The lowest BCUT2D eigenvalue weighted by Gasteiger charge is -2.18. The third kappa shape index (κ3) is 1.68. The maximum atomic E-state index is 12.0. The van der Waals surface area contributed by atoms with Gasteiger partial charge >= 0.3 is 0 Å². The van der Waals surface area contributed by atoms with E-state index in [1.54, 1.807) is 0 Å². The van der Waals surface area contributed by atoms with Crippen molar-refractivity contribution in [1.82, 2.24) is 0 Å². The minimum atomic E-state index is 0.241. The number of benzene rings is 3. The molecule has 2 nitrogen and oxygen atoms in total. The number of carbonyl (C=O) groups is 1. The highest BCUT2D eigenvalue weighted by Crippen LogP contribution is 2.32. The average Bonchev–Trinajstić information content (AvgIpc) is 2.90. The molecule has 0 bridgehead atoms. The molecule has 3 aromatic rings. The van der Waals surface area contributed by atoms with E-state index in [2.05, 4.69) is 48.5 Å². The van der Waals surface area contributed by atoms with Crippen molar-refractivity contribution in [2.45, 2.75) is 12.8 Å². The van der Waals surface area contributed by atoms with Crippen LogP contribution in [0.1, 0.15) is 12.8 Å². The first kappa shape index (κ1) is 11.5. The fourth-order valence-electron chi connectivity index (χ4n) is 3.09. The Kier molecular flexibility index (Phi) is 2.49. The summed E-state index contributed by atoms with van der Waals surface area (Å²) in [4.78, 5) is 13.9. The number of amides is 1. The molecule has 4 rings (SSSR count). The Balaban J connectivity index is 2.01. The maximum absolute atomic E-state index is 12.0. The second-order valence-corrected chi connectivity index (χ2v) is 5.35. The molecule has 0 N–H and O–H groups in total. The number of rotatable bonds is 1. The van der Waals surface area contributed by atoms with Gasteiger partial charge in [0.05, 0.1) is 5.69 Å². The highest BCUT2D eigenvalue weighted by molar-refractivity contribution is 6.08. The van der Waals surface area contributed by atoms with Gasteiger partial charge in [0, 0.05) is 18.4 Å². The van der Waals surface area contributed by atoms with Gasteiger partial charge in [-0.15, -0.1) is 0 Å². The minimum absolute atomic E-state index is 0.241. The van der Waals surface area contributed by atoms with Crippen LogP contribution in [-0.2, 0) is 4.79 Å². The van der Waals surface area contributed by atoms with Gasteiger partial charge in [-0.1, -0.05) is 36.4 Å². The third-order valence-corrected chi connectivity index (χ3v) is 4.09. The van der Waals surface area contributed by atoms with Crippen molar-refractivity contribution in [1.29, 1.82) is 0 Å². The molecule has 0 aliphatic carbocycles. The fourth-order valence-corrected chi connectivity index (χ4v) is 3.09. The van der Waals surface area contributed by atoms with Crippen LogP contribution in [-0.4, -0.2) is 12.5 Å². The Labute approximate surface area is 117 Å². The van der Waals surface area contributed by atoms with Gasteiger partial charge in [0.25, 0.3) is 0 Å². The number of nitrogens with zero attached hydrogens (tertiary/aromatic N) is 1. The first-order valence-corrected chi connectivity index (χ1v) is 7.05. The molecule has 2 heteroatoms. The summed E-state index contributed by atoms with van der Waals surface area (Å²) < 4.78 is 0. The lowest BCUT2D eigenvalue weighted by Crippen LogP contribution is -2.23. The predicted molar refractivity (Wildman–Crippen MR) is 83.0 cm³/mol. The van der Waals surface area contributed by atoms with Crippen LogP contribution in [0.25, 0.3) is 21.5 Å². The molecular weight excluding hydrogens is 246 g/mol. The molecule has 1 fully saturated rings. The second-order valence-electron chi connectivity index (χ2n) is 5.35. The summed E-state index contributed by atoms with van der Waals surface area (Å²) >= 11 is 0. The molecule has 1 amide bonds. The molecule has 98 valence electrons. The Morgan fingerprint density at radius 1 is 0.850 bits per heavy atom. The van der Waals surface area contributed by atoms with Gasteiger partial charge in [-0.25, -0.2) is 0 Å². The summed E-state index contributed by atoms with van der Waals surface area (Å²) in [6.45, 7) is 0.838. The first-order valence-electron chi connectivity index (χ1n) is 7.05. The van der Waals surface area contributed by atoms with E-state index in [0.29, 0.717) is 6.42 Å². The van der Waals surface area contributed by atoms with Gasteiger partial charge in [-0.05, 0) is 40.8 Å². The molecule has 0 saturated carbocycles. The van der Waals surface area contributed by atoms with E-state index in [9.17, 15) is 4.79 Å². The quantitative estimate of drug-likeness (QED) is 0.603. The summed E-state index contributed by atoms with van der Waals surface area (Å²) in [5, 5.41) is 4.83. The molecule has 0 spiro atoms. The SMILES string of the molecule is O=C1CCCN1c1cccc2cc3ccccc3cc12. The van der Waals surface area contributed by atoms with Gasteiger partial charge in [-0.3, -0.25) is 4.79 Å². The van der Waals surface area contributed by atoms with Gasteiger partial charge in [0.15, 0.2) is 0 Å². The van der Waals surface area contributed by atoms with Crippen LogP contribution in [0.3, 0.4) is 0 Å². The zero-order valence-corrected chi connectivity index (χ0v) is 11.2. The van der Waals surface area contributed by atoms with Crippen LogP contribution in [0.2, 0.25) is 0 Å². The van der Waals surface area contributed by atoms with Crippen LogP contribution >= 0.6 is 0 Å². The van der Waals surface area contributed by atoms with Gasteiger partial charge in [0.2, 0.25) is 5.91 Å². The van der Waals surface area contributed by atoms with Crippen molar-refractivity contribution in [2.75, 3.05) is 11.4 Å². The Bertz CT molecular complexity index is 822. The van der Waals surface area contributed by atoms with Crippen molar-refractivity contribution in [2.24, 2.45) is 0 Å². The summed E-state index contributed by atoms with van der Waals surface area (Å²) in [6, 6.07) is 19.0. The normalized spacial score (nSPS) is 15.4. The van der Waals surface area contributed by atoms with Crippen LogP contribution in [0.4, 0.5) is 5.69 Å². The molecule has 0 radical (unpaired) electrons. The molecule has 0 unspecified atom stereocenters. The van der Waals surface area contributed by atoms with Crippen LogP contribution in [0.5, 0.6) is 0 Å². The van der Waals surface area contributed by atoms with Crippen molar-refractivity contribution in [3.05, 3.63) is 54.6 Å². The summed E-state index contributed by atoms with van der Waals surface area (Å²) in [6.07, 6.45) is 1.63. The molecule has 0 atom stereocenters. The van der Waals surface area contributed by atoms with Gasteiger partial charge < -0.3 is 4.90 Å². The van der Waals surface area contributed by atoms with E-state index >= 15 is 0 Å². The Morgan fingerprint density at radius 2 is 1.60 bits per heavy atom. The first-order chi connectivity index (χ1) is 9.83. The summed E-state index contributed by atoms with van der Waals surface area (Å²) in [7, 11) is 0. The number of hydrogen-bond donors (Lipinski definition) is 0. The zero-order chi connectivity index (χ0) is 13.5. The summed E-state index contributed by atoms with van der Waals surface area (Å²) in [5.74, 6) is 0.241. The molecular formula is C18H15NO. The highest BCUT2D eigenvalue weighted by Gasteiger charge is 2.23. The molecule has 1 aliphatic heterocycles. The second kappa shape index (κ2) is 4.34. The number of carbonyl (C=O) groups excluding carboxylic acids is 1. The average molecular weight is 261 g/mol. The fraction of sp³-hybridized carbons (Fsp3) is 0.167. The molecule has 20 heavy (non-hydrogen) atoms. The van der Waals surface area contributed by atoms with Crippen molar-refractivity contribution in [3.63, 3.8) is 0 Å². The molecule has 1 saturated heterocycles. The summed E-state index contributed by atoms with van der Waals surface area (Å²) in [5.41, 5.74) is 1.05. The molecule has 1 heterocycles. The molecule has 1 aliphatic rings. The van der Waals surface area contributed by atoms with E-state index in [-0.39, 0.29) is 5.91 Å². The Hall–Kier alpha value is -2.35. The third-order valence-electron chi connectivity index (χ3n) is 4.09. The Morgan fingerprint density at radius 3 is 2.35 bits per heavy atom. The maximum Gasteiger partial charge on any atom is 0.227 e. The largest absolute Gasteiger partial charge is 0.312 e. The van der Waals surface area contributed by atoms with Crippen LogP contribution < -0.4 is 4.90 Å². The van der Waals surface area contributed by atoms with E-state index in [4.69, 9.17) is 0 Å². The standard InChI is InChI=1S/C18H15NO/c20-18-9-4-10-19(18)17-8-3-7-15-11-13-5-1-2-6-14(13)12-16(15)17/h1-3,5-8,11-12H,4,9-10H2. The monoisotopic (exact) mass is 261 g/mol. The lowest BCUT2D eigenvalue weighted by molar-refractivity contribution is -0.117. The number of hydrogen-bond acceptors (Lipinski definition) is 1. The van der Waals surface area contributed by atoms with E-state index in [0.717, 1.165) is 18.7 Å². The van der Waals surface area contributed by atoms with E-state index in [1.165, 1.54) is 21.5 Å². The van der Waals surface area contributed by atoms with Crippen molar-refractivity contribution >= 4 is 33.1 Å². The van der Waals surface area contributed by atoms with Gasteiger partial charge in [0.1, 0.15) is 0 Å². The topological polar surface area (TPSA) is 20.3 Å². The van der Waals surface area contributed by atoms with Crippen LogP contribution in [0.15, 0.2) is 54.6 Å². The zero-order valence-electron chi connectivity index (χ0n) is 11.2. The number of fused-ring (bicyclic) bond motifs is 2. The van der Waals surface area contributed by atoms with Crippen molar-refractivity contribution < 1.29 is 4.79 Å². The smallest absolute Gasteiger partial charge is 0.227 e.